The fourth-order valence-corrected chi connectivity index (χ4v) is 1.51. The molecule has 4 heteroatoms. The lowest BCUT2D eigenvalue weighted by atomic mass is 10.1. The van der Waals surface area contributed by atoms with E-state index < -0.39 is 0 Å². The second-order valence-electron chi connectivity index (χ2n) is 4.49. The first-order valence-corrected chi connectivity index (χ1v) is 6.55. The second kappa shape index (κ2) is 6.05. The molecule has 1 amide bonds. The van der Waals surface area contributed by atoms with Crippen LogP contribution >= 0.6 is 15.9 Å². The van der Waals surface area contributed by atoms with Gasteiger partial charge < -0.3 is 10.4 Å². The van der Waals surface area contributed by atoms with Crippen molar-refractivity contribution in [3.63, 3.8) is 0 Å². The Labute approximate surface area is 110 Å². The van der Waals surface area contributed by atoms with Crippen LogP contribution in [0.3, 0.4) is 0 Å². The number of carbonyl (C=O) groups is 1. The average Bonchev–Trinajstić information content (AvgIpc) is 2.28. The summed E-state index contributed by atoms with van der Waals surface area (Å²) in [5.41, 5.74) is 1.28. The Morgan fingerprint density at radius 3 is 2.71 bits per heavy atom. The van der Waals surface area contributed by atoms with E-state index in [0.29, 0.717) is 18.0 Å². The van der Waals surface area contributed by atoms with Crippen LogP contribution in [0.25, 0.3) is 0 Å². The van der Waals surface area contributed by atoms with Crippen molar-refractivity contribution >= 4 is 21.8 Å². The zero-order chi connectivity index (χ0) is 13.0. The van der Waals surface area contributed by atoms with Crippen LogP contribution in [-0.4, -0.2) is 22.4 Å². The monoisotopic (exact) mass is 299 g/mol. The summed E-state index contributed by atoms with van der Waals surface area (Å²) in [6, 6.07) is 5.00. The van der Waals surface area contributed by atoms with E-state index >= 15 is 0 Å². The molecule has 0 radical (unpaired) electrons. The summed E-state index contributed by atoms with van der Waals surface area (Å²) in [6.45, 7) is 6.59. The molecule has 0 fully saturated rings. The predicted molar refractivity (Wildman–Crippen MR) is 72.7 cm³/mol. The van der Waals surface area contributed by atoms with E-state index in [1.165, 1.54) is 6.07 Å². The lowest BCUT2D eigenvalue weighted by Crippen LogP contribution is -2.31. The molecule has 0 aliphatic heterocycles. The van der Waals surface area contributed by atoms with Crippen molar-refractivity contribution in [2.24, 2.45) is 5.92 Å². The third-order valence-corrected chi connectivity index (χ3v) is 3.96. The Bertz CT molecular complexity index is 404. The van der Waals surface area contributed by atoms with Gasteiger partial charge in [-0.05, 0) is 25.0 Å². The summed E-state index contributed by atoms with van der Waals surface area (Å²) in [5.74, 6) is 0.224. The van der Waals surface area contributed by atoms with Gasteiger partial charge in [0.25, 0.3) is 5.91 Å². The van der Waals surface area contributed by atoms with E-state index in [-0.39, 0.29) is 16.5 Å². The molecule has 0 saturated carbocycles. The first-order chi connectivity index (χ1) is 7.91. The van der Waals surface area contributed by atoms with E-state index in [0.717, 1.165) is 5.56 Å². The average molecular weight is 300 g/mol. The van der Waals surface area contributed by atoms with Crippen LogP contribution in [0, 0.1) is 12.8 Å². The molecule has 2 N–H and O–H groups in total. The summed E-state index contributed by atoms with van der Waals surface area (Å²) in [7, 11) is 0. The number of amides is 1. The van der Waals surface area contributed by atoms with Crippen molar-refractivity contribution < 1.29 is 9.90 Å². The SMILES string of the molecule is Cc1ccc(O)c(C(=O)NCC(Br)C(C)C)c1. The van der Waals surface area contributed by atoms with Gasteiger partial charge in [0.2, 0.25) is 0 Å². The molecule has 1 rings (SSSR count). The molecule has 1 atom stereocenters. The number of aryl methyl sites for hydroxylation is 1. The number of halogens is 1. The molecule has 0 bridgehead atoms. The Hall–Kier alpha value is -1.03. The van der Waals surface area contributed by atoms with Crippen LogP contribution in [-0.2, 0) is 0 Å². The first kappa shape index (κ1) is 14.0. The summed E-state index contributed by atoms with van der Waals surface area (Å²) < 4.78 is 0. The van der Waals surface area contributed by atoms with E-state index in [1.54, 1.807) is 12.1 Å². The Morgan fingerprint density at radius 2 is 2.12 bits per heavy atom. The molecule has 3 nitrogen and oxygen atoms in total. The lowest BCUT2D eigenvalue weighted by Gasteiger charge is -2.14. The largest absolute Gasteiger partial charge is 0.507 e. The van der Waals surface area contributed by atoms with Gasteiger partial charge in [-0.2, -0.15) is 0 Å². The van der Waals surface area contributed by atoms with E-state index in [9.17, 15) is 9.90 Å². The molecule has 1 aromatic rings. The zero-order valence-electron chi connectivity index (χ0n) is 10.3. The molecule has 0 heterocycles. The number of phenols is 1. The molecule has 0 aliphatic rings. The highest BCUT2D eigenvalue weighted by molar-refractivity contribution is 9.09. The van der Waals surface area contributed by atoms with Crippen LogP contribution in [0.15, 0.2) is 18.2 Å². The number of phenolic OH excluding ortho intramolecular Hbond substituents is 1. The van der Waals surface area contributed by atoms with Gasteiger partial charge >= 0.3 is 0 Å². The summed E-state index contributed by atoms with van der Waals surface area (Å²) >= 11 is 3.50. The number of alkyl halides is 1. The molecule has 0 spiro atoms. The third kappa shape index (κ3) is 4.04. The van der Waals surface area contributed by atoms with E-state index in [1.807, 2.05) is 6.92 Å². The molecular weight excluding hydrogens is 282 g/mol. The minimum atomic E-state index is -0.240. The van der Waals surface area contributed by atoms with Gasteiger partial charge in [-0.1, -0.05) is 41.4 Å². The van der Waals surface area contributed by atoms with Crippen molar-refractivity contribution in [1.82, 2.24) is 5.32 Å². The molecule has 17 heavy (non-hydrogen) atoms. The van der Waals surface area contributed by atoms with Gasteiger partial charge in [0, 0.05) is 11.4 Å². The highest BCUT2D eigenvalue weighted by Gasteiger charge is 2.14. The molecule has 0 aromatic heterocycles. The van der Waals surface area contributed by atoms with E-state index in [2.05, 4.69) is 35.1 Å². The number of hydrogen-bond acceptors (Lipinski definition) is 2. The summed E-state index contributed by atoms with van der Waals surface area (Å²) in [6.07, 6.45) is 0. The van der Waals surface area contributed by atoms with Gasteiger partial charge in [-0.15, -0.1) is 0 Å². The Kier molecular flexibility index (Phi) is 5.00. The van der Waals surface area contributed by atoms with Crippen molar-refractivity contribution in [2.45, 2.75) is 25.6 Å². The number of nitrogens with one attached hydrogen (secondary N) is 1. The summed E-state index contributed by atoms with van der Waals surface area (Å²) in [4.78, 5) is 12.1. The first-order valence-electron chi connectivity index (χ1n) is 5.63. The van der Waals surface area contributed by atoms with Crippen molar-refractivity contribution in [3.8, 4) is 5.75 Å². The zero-order valence-corrected chi connectivity index (χ0v) is 11.9. The summed E-state index contributed by atoms with van der Waals surface area (Å²) in [5, 5.41) is 12.4. The maximum absolute atomic E-state index is 11.9. The highest BCUT2D eigenvalue weighted by atomic mass is 79.9. The normalized spacial score (nSPS) is 12.5. The topological polar surface area (TPSA) is 49.3 Å². The van der Waals surface area contributed by atoms with Crippen LogP contribution < -0.4 is 5.32 Å². The Morgan fingerprint density at radius 1 is 1.47 bits per heavy atom. The number of hydrogen-bond donors (Lipinski definition) is 2. The molecule has 0 saturated heterocycles. The maximum Gasteiger partial charge on any atom is 0.255 e. The predicted octanol–water partition coefficient (Wildman–Crippen LogP) is 2.85. The standard InChI is InChI=1S/C13H18BrNO2/c1-8(2)11(14)7-15-13(17)10-6-9(3)4-5-12(10)16/h4-6,8,11,16H,7H2,1-3H3,(H,15,17). The highest BCUT2D eigenvalue weighted by Crippen LogP contribution is 2.18. The quantitative estimate of drug-likeness (QED) is 0.840. The smallest absolute Gasteiger partial charge is 0.255 e. The number of benzene rings is 1. The van der Waals surface area contributed by atoms with Gasteiger partial charge in [-0.25, -0.2) is 0 Å². The van der Waals surface area contributed by atoms with Gasteiger partial charge in [0.05, 0.1) is 5.56 Å². The number of rotatable bonds is 4. The van der Waals surface area contributed by atoms with Gasteiger partial charge in [0.15, 0.2) is 0 Å². The maximum atomic E-state index is 11.9. The molecule has 1 aromatic carbocycles. The van der Waals surface area contributed by atoms with Gasteiger partial charge in [-0.3, -0.25) is 4.79 Å². The second-order valence-corrected chi connectivity index (χ2v) is 5.67. The van der Waals surface area contributed by atoms with Crippen molar-refractivity contribution in [1.29, 1.82) is 0 Å². The molecule has 94 valence electrons. The van der Waals surface area contributed by atoms with Crippen LogP contribution in [0.1, 0.15) is 29.8 Å². The van der Waals surface area contributed by atoms with E-state index in [4.69, 9.17) is 0 Å². The van der Waals surface area contributed by atoms with Gasteiger partial charge in [0.1, 0.15) is 5.75 Å². The minimum Gasteiger partial charge on any atom is -0.507 e. The molecule has 1 unspecified atom stereocenters. The number of aromatic hydroxyl groups is 1. The van der Waals surface area contributed by atoms with Crippen LogP contribution in [0.4, 0.5) is 0 Å². The van der Waals surface area contributed by atoms with Crippen molar-refractivity contribution in [2.75, 3.05) is 6.54 Å². The molecule has 0 aliphatic carbocycles. The van der Waals surface area contributed by atoms with Crippen molar-refractivity contribution in [3.05, 3.63) is 29.3 Å². The third-order valence-electron chi connectivity index (χ3n) is 2.58. The van der Waals surface area contributed by atoms with Crippen LogP contribution in [0.2, 0.25) is 0 Å². The fourth-order valence-electron chi connectivity index (χ4n) is 1.35. The lowest BCUT2D eigenvalue weighted by molar-refractivity contribution is 0.0950. The molecular formula is C13H18BrNO2. The number of carbonyl (C=O) groups excluding carboxylic acids is 1. The van der Waals surface area contributed by atoms with Crippen LogP contribution in [0.5, 0.6) is 5.75 Å². The fraction of sp³-hybridized carbons (Fsp3) is 0.462. The minimum absolute atomic E-state index is 0.0174. The Balaban J connectivity index is 2.67.